The first-order chi connectivity index (χ1) is 7.42. The molecular formula is C12H19N3. The van der Waals surface area contributed by atoms with E-state index in [0.29, 0.717) is 6.04 Å². The molecule has 1 heterocycles. The molecule has 1 fully saturated rings. The van der Waals surface area contributed by atoms with Crippen LogP contribution in [0.25, 0.3) is 0 Å². The fraction of sp³-hybridized carbons (Fsp3) is 0.667. The lowest BCUT2D eigenvalue weighted by Gasteiger charge is -2.29. The lowest BCUT2D eigenvalue weighted by molar-refractivity contribution is 0.277. The van der Waals surface area contributed by atoms with E-state index in [1.54, 1.807) is 12.4 Å². The van der Waals surface area contributed by atoms with Crippen molar-refractivity contribution in [2.24, 2.45) is 5.92 Å². The van der Waals surface area contributed by atoms with Gasteiger partial charge in [-0.25, -0.2) is 0 Å². The zero-order valence-electron chi connectivity index (χ0n) is 9.32. The number of hydrogen-bond donors (Lipinski definition) is 1. The molecule has 1 aromatic rings. The molecule has 0 bridgehead atoms. The van der Waals surface area contributed by atoms with Gasteiger partial charge in [-0.2, -0.15) is 0 Å². The molecule has 1 saturated carbocycles. The van der Waals surface area contributed by atoms with Gasteiger partial charge in [0.2, 0.25) is 0 Å². The smallest absolute Gasteiger partial charge is 0.0758 e. The van der Waals surface area contributed by atoms with Gasteiger partial charge in [0.25, 0.3) is 0 Å². The van der Waals surface area contributed by atoms with Crippen LogP contribution in [0, 0.1) is 5.92 Å². The van der Waals surface area contributed by atoms with Crippen molar-refractivity contribution in [2.45, 2.75) is 38.1 Å². The molecule has 82 valence electrons. The Bertz CT molecular complexity index is 280. The third-order valence-corrected chi connectivity index (χ3v) is 3.33. The second-order valence-corrected chi connectivity index (χ2v) is 4.29. The van der Waals surface area contributed by atoms with Crippen LogP contribution in [0.5, 0.6) is 0 Å². The summed E-state index contributed by atoms with van der Waals surface area (Å²) >= 11 is 0. The zero-order valence-corrected chi connectivity index (χ0v) is 9.32. The summed E-state index contributed by atoms with van der Waals surface area (Å²) in [6, 6.07) is 0.388. The molecular weight excluding hydrogens is 186 g/mol. The monoisotopic (exact) mass is 205 g/mol. The molecule has 0 spiro atoms. The van der Waals surface area contributed by atoms with Crippen molar-refractivity contribution in [1.29, 1.82) is 0 Å². The van der Waals surface area contributed by atoms with E-state index in [-0.39, 0.29) is 0 Å². The topological polar surface area (TPSA) is 37.8 Å². The maximum Gasteiger partial charge on any atom is 0.0758 e. The second kappa shape index (κ2) is 5.21. The Morgan fingerprint density at radius 2 is 2.07 bits per heavy atom. The van der Waals surface area contributed by atoms with Gasteiger partial charge >= 0.3 is 0 Å². The van der Waals surface area contributed by atoms with Crippen LogP contribution in [0.3, 0.4) is 0 Å². The highest BCUT2D eigenvalue weighted by Gasteiger charge is 2.24. The second-order valence-electron chi connectivity index (χ2n) is 4.29. The molecule has 3 nitrogen and oxygen atoms in total. The first kappa shape index (κ1) is 10.6. The van der Waals surface area contributed by atoms with Crippen molar-refractivity contribution in [3.8, 4) is 0 Å². The van der Waals surface area contributed by atoms with Crippen molar-refractivity contribution in [2.75, 3.05) is 7.05 Å². The molecule has 1 atom stereocenters. The van der Waals surface area contributed by atoms with Gasteiger partial charge in [0.15, 0.2) is 0 Å². The van der Waals surface area contributed by atoms with Crippen LogP contribution in [0.1, 0.15) is 43.8 Å². The average Bonchev–Trinajstić information content (AvgIpc) is 2.33. The Morgan fingerprint density at radius 3 is 2.67 bits per heavy atom. The molecule has 0 saturated heterocycles. The third kappa shape index (κ3) is 2.53. The van der Waals surface area contributed by atoms with Gasteiger partial charge in [0, 0.05) is 18.6 Å². The SMILES string of the molecule is CNC(c1cnccn1)C1CCCCC1. The zero-order chi connectivity index (χ0) is 10.5. The normalized spacial score (nSPS) is 20.1. The van der Waals surface area contributed by atoms with E-state index in [4.69, 9.17) is 0 Å². The summed E-state index contributed by atoms with van der Waals surface area (Å²) in [7, 11) is 2.02. The van der Waals surface area contributed by atoms with Gasteiger partial charge in [0.1, 0.15) is 0 Å². The van der Waals surface area contributed by atoms with E-state index in [1.807, 2.05) is 13.2 Å². The molecule has 1 aliphatic rings. The summed E-state index contributed by atoms with van der Waals surface area (Å²) in [4.78, 5) is 8.55. The van der Waals surface area contributed by atoms with Crippen LogP contribution >= 0.6 is 0 Å². The molecule has 0 amide bonds. The fourth-order valence-electron chi connectivity index (χ4n) is 2.56. The van der Waals surface area contributed by atoms with Crippen LogP contribution in [-0.4, -0.2) is 17.0 Å². The van der Waals surface area contributed by atoms with E-state index in [0.717, 1.165) is 11.6 Å². The van der Waals surface area contributed by atoms with Crippen molar-refractivity contribution in [3.63, 3.8) is 0 Å². The molecule has 1 unspecified atom stereocenters. The maximum absolute atomic E-state index is 4.40. The van der Waals surface area contributed by atoms with E-state index in [1.165, 1.54) is 32.1 Å². The van der Waals surface area contributed by atoms with Crippen LogP contribution in [0.4, 0.5) is 0 Å². The molecule has 0 radical (unpaired) electrons. The Balaban J connectivity index is 2.09. The van der Waals surface area contributed by atoms with E-state index in [2.05, 4.69) is 15.3 Å². The Hall–Kier alpha value is -0.960. The molecule has 0 aliphatic heterocycles. The maximum atomic E-state index is 4.40. The first-order valence-corrected chi connectivity index (χ1v) is 5.85. The predicted molar refractivity (Wildman–Crippen MR) is 60.4 cm³/mol. The first-order valence-electron chi connectivity index (χ1n) is 5.85. The largest absolute Gasteiger partial charge is 0.311 e. The Labute approximate surface area is 91.3 Å². The van der Waals surface area contributed by atoms with E-state index >= 15 is 0 Å². The lowest BCUT2D eigenvalue weighted by atomic mass is 9.83. The summed E-state index contributed by atoms with van der Waals surface area (Å²) in [5.74, 6) is 0.737. The summed E-state index contributed by atoms with van der Waals surface area (Å²) in [6.45, 7) is 0. The highest BCUT2D eigenvalue weighted by Crippen LogP contribution is 2.32. The highest BCUT2D eigenvalue weighted by molar-refractivity contribution is 5.04. The molecule has 0 aromatic carbocycles. The van der Waals surface area contributed by atoms with Gasteiger partial charge in [-0.3, -0.25) is 9.97 Å². The van der Waals surface area contributed by atoms with Crippen molar-refractivity contribution in [1.82, 2.24) is 15.3 Å². The van der Waals surface area contributed by atoms with E-state index in [9.17, 15) is 0 Å². The fourth-order valence-corrected chi connectivity index (χ4v) is 2.56. The highest BCUT2D eigenvalue weighted by atomic mass is 14.9. The van der Waals surface area contributed by atoms with Crippen LogP contribution < -0.4 is 5.32 Å². The van der Waals surface area contributed by atoms with Gasteiger partial charge < -0.3 is 5.32 Å². The number of nitrogens with one attached hydrogen (secondary N) is 1. The minimum atomic E-state index is 0.388. The standard InChI is InChI=1S/C12H19N3/c1-13-12(10-5-3-2-4-6-10)11-9-14-7-8-15-11/h7-10,12-13H,2-6H2,1H3. The molecule has 3 heteroatoms. The van der Waals surface area contributed by atoms with Crippen molar-refractivity contribution < 1.29 is 0 Å². The molecule has 15 heavy (non-hydrogen) atoms. The number of nitrogens with zero attached hydrogens (tertiary/aromatic N) is 2. The van der Waals surface area contributed by atoms with Gasteiger partial charge in [-0.1, -0.05) is 19.3 Å². The summed E-state index contributed by atoms with van der Waals surface area (Å²) in [5, 5.41) is 3.39. The van der Waals surface area contributed by atoms with Crippen molar-refractivity contribution in [3.05, 3.63) is 24.3 Å². The minimum Gasteiger partial charge on any atom is -0.311 e. The quantitative estimate of drug-likeness (QED) is 0.823. The van der Waals surface area contributed by atoms with E-state index < -0.39 is 0 Å². The Kier molecular flexibility index (Phi) is 3.67. The molecule has 1 aromatic heterocycles. The summed E-state index contributed by atoms with van der Waals surface area (Å²) in [5.41, 5.74) is 1.09. The Morgan fingerprint density at radius 1 is 1.27 bits per heavy atom. The number of rotatable bonds is 3. The minimum absolute atomic E-state index is 0.388. The van der Waals surface area contributed by atoms with Gasteiger partial charge in [0.05, 0.1) is 11.7 Å². The lowest BCUT2D eigenvalue weighted by Crippen LogP contribution is -2.27. The van der Waals surface area contributed by atoms with Crippen LogP contribution in [0.15, 0.2) is 18.6 Å². The number of aromatic nitrogens is 2. The molecule has 2 rings (SSSR count). The van der Waals surface area contributed by atoms with Crippen molar-refractivity contribution >= 4 is 0 Å². The van der Waals surface area contributed by atoms with Crippen LogP contribution in [0.2, 0.25) is 0 Å². The van der Waals surface area contributed by atoms with Gasteiger partial charge in [-0.15, -0.1) is 0 Å². The summed E-state index contributed by atoms with van der Waals surface area (Å²) in [6.07, 6.45) is 12.2. The average molecular weight is 205 g/mol. The molecule has 1 N–H and O–H groups in total. The van der Waals surface area contributed by atoms with Crippen LogP contribution in [-0.2, 0) is 0 Å². The summed E-state index contributed by atoms with van der Waals surface area (Å²) < 4.78 is 0. The predicted octanol–water partition coefficient (Wildman–Crippen LogP) is 2.32. The third-order valence-electron chi connectivity index (χ3n) is 3.33. The number of hydrogen-bond acceptors (Lipinski definition) is 3. The van der Waals surface area contributed by atoms with Gasteiger partial charge in [-0.05, 0) is 25.8 Å². The molecule has 1 aliphatic carbocycles.